The van der Waals surface area contributed by atoms with Crippen LogP contribution < -0.4 is 24.5 Å². The molecule has 4 rings (SSSR count). The minimum Gasteiger partial charge on any atom is -0.497 e. The number of benzene rings is 3. The SMILES string of the molecule is CCN(C(=O)c1cn(-c2cc(OC)cc(OCCCCCCCCBr)c2)c2cc(OC)ccc2c1=O)c1cc(F)cc(F)c1. The third-order valence-electron chi connectivity index (χ3n) is 7.34. The molecule has 0 aliphatic heterocycles. The summed E-state index contributed by atoms with van der Waals surface area (Å²) in [7, 11) is 3.08. The lowest BCUT2D eigenvalue weighted by atomic mass is 10.1. The smallest absolute Gasteiger partial charge is 0.263 e. The van der Waals surface area contributed by atoms with Crippen LogP contribution in [0.3, 0.4) is 0 Å². The minimum absolute atomic E-state index is 0.0102. The summed E-state index contributed by atoms with van der Waals surface area (Å²) >= 11 is 3.46. The monoisotopic (exact) mass is 670 g/mol. The molecule has 0 bridgehead atoms. The highest BCUT2D eigenvalue weighted by molar-refractivity contribution is 9.09. The van der Waals surface area contributed by atoms with Gasteiger partial charge in [-0.1, -0.05) is 41.6 Å². The molecular weight excluding hydrogens is 634 g/mol. The molecule has 1 aromatic heterocycles. The third-order valence-corrected chi connectivity index (χ3v) is 7.90. The average molecular weight is 672 g/mol. The molecule has 0 atom stereocenters. The Bertz CT molecular complexity index is 1640. The lowest BCUT2D eigenvalue weighted by Gasteiger charge is -2.22. The van der Waals surface area contributed by atoms with Gasteiger partial charge in [0.25, 0.3) is 5.91 Å². The van der Waals surface area contributed by atoms with E-state index in [9.17, 15) is 18.4 Å². The number of hydrogen-bond acceptors (Lipinski definition) is 5. The molecule has 234 valence electrons. The van der Waals surface area contributed by atoms with Crippen molar-refractivity contribution in [1.29, 1.82) is 0 Å². The van der Waals surface area contributed by atoms with Crippen molar-refractivity contribution < 1.29 is 27.8 Å². The topological polar surface area (TPSA) is 70.0 Å². The molecular formula is C34H37BrF2N2O5. The van der Waals surface area contributed by atoms with E-state index in [0.29, 0.717) is 35.1 Å². The molecule has 0 fully saturated rings. The molecule has 7 nitrogen and oxygen atoms in total. The quantitative estimate of drug-likeness (QED) is 0.0945. The average Bonchev–Trinajstić information content (AvgIpc) is 3.02. The Kier molecular flexibility index (Phi) is 11.8. The lowest BCUT2D eigenvalue weighted by Crippen LogP contribution is -2.35. The number of fused-ring (bicyclic) bond motifs is 1. The Morgan fingerprint density at radius 2 is 1.50 bits per heavy atom. The summed E-state index contributed by atoms with van der Waals surface area (Å²) in [5, 5.41) is 1.30. The van der Waals surface area contributed by atoms with Crippen molar-refractivity contribution in [1.82, 2.24) is 4.57 Å². The van der Waals surface area contributed by atoms with E-state index in [1.165, 1.54) is 37.5 Å². The van der Waals surface area contributed by atoms with E-state index < -0.39 is 23.0 Å². The van der Waals surface area contributed by atoms with Gasteiger partial charge in [-0.25, -0.2) is 8.78 Å². The van der Waals surface area contributed by atoms with E-state index in [-0.39, 0.29) is 23.2 Å². The van der Waals surface area contributed by atoms with Crippen LogP contribution in [-0.2, 0) is 0 Å². The van der Waals surface area contributed by atoms with Crippen LogP contribution in [0.25, 0.3) is 16.6 Å². The van der Waals surface area contributed by atoms with Gasteiger partial charge in [-0.3, -0.25) is 9.59 Å². The normalized spacial score (nSPS) is 11.0. The van der Waals surface area contributed by atoms with Gasteiger partial charge < -0.3 is 23.7 Å². The molecule has 0 aliphatic carbocycles. The van der Waals surface area contributed by atoms with Crippen LogP contribution in [0, 0.1) is 11.6 Å². The molecule has 0 radical (unpaired) electrons. The number of pyridine rings is 1. The number of carbonyl (C=O) groups is 1. The van der Waals surface area contributed by atoms with Gasteiger partial charge in [-0.15, -0.1) is 0 Å². The standard InChI is InChI=1S/C34H37BrF2N2O5/c1-4-38(25-16-23(36)15-24(37)17-25)34(41)31-22-39(32-21-27(42-2)11-12-30(32)33(31)40)26-18-28(43-3)20-29(19-26)44-14-10-8-6-5-7-9-13-35/h11-12,15-22H,4-10,13-14H2,1-3H3. The van der Waals surface area contributed by atoms with Crippen molar-refractivity contribution >= 4 is 38.4 Å². The Morgan fingerprint density at radius 1 is 0.841 bits per heavy atom. The molecule has 0 saturated carbocycles. The molecule has 1 heterocycles. The van der Waals surface area contributed by atoms with E-state index >= 15 is 0 Å². The Hall–Kier alpha value is -3.92. The second kappa shape index (κ2) is 15.7. The maximum Gasteiger partial charge on any atom is 0.263 e. The zero-order valence-corrected chi connectivity index (χ0v) is 26.8. The van der Waals surface area contributed by atoms with Crippen molar-refractivity contribution in [3.63, 3.8) is 0 Å². The number of aromatic nitrogens is 1. The molecule has 0 aliphatic rings. The third kappa shape index (κ3) is 7.96. The molecule has 0 spiro atoms. The second-order valence-electron chi connectivity index (χ2n) is 10.3. The second-order valence-corrected chi connectivity index (χ2v) is 11.1. The van der Waals surface area contributed by atoms with Crippen molar-refractivity contribution in [2.24, 2.45) is 0 Å². The first-order valence-corrected chi connectivity index (χ1v) is 15.8. The van der Waals surface area contributed by atoms with E-state index in [1.807, 2.05) is 6.07 Å². The predicted molar refractivity (Wildman–Crippen MR) is 173 cm³/mol. The van der Waals surface area contributed by atoms with E-state index in [4.69, 9.17) is 14.2 Å². The van der Waals surface area contributed by atoms with Crippen LogP contribution in [0.15, 0.2) is 65.6 Å². The minimum atomic E-state index is -0.826. The fourth-order valence-corrected chi connectivity index (χ4v) is 5.47. The molecule has 4 aromatic rings. The number of rotatable bonds is 15. The van der Waals surface area contributed by atoms with Gasteiger partial charge in [0, 0.05) is 59.5 Å². The van der Waals surface area contributed by atoms with Gasteiger partial charge in [-0.05, 0) is 44.0 Å². The van der Waals surface area contributed by atoms with E-state index in [2.05, 4.69) is 15.9 Å². The number of unbranched alkanes of at least 4 members (excludes halogenated alkanes) is 5. The molecule has 44 heavy (non-hydrogen) atoms. The Labute approximate surface area is 264 Å². The number of anilines is 1. The summed E-state index contributed by atoms with van der Waals surface area (Å²) < 4.78 is 46.9. The first-order valence-electron chi connectivity index (χ1n) is 14.7. The number of nitrogens with zero attached hydrogens (tertiary/aromatic N) is 2. The lowest BCUT2D eigenvalue weighted by molar-refractivity contribution is 0.0987. The van der Waals surface area contributed by atoms with Crippen LogP contribution in [-0.4, -0.2) is 43.2 Å². The predicted octanol–water partition coefficient (Wildman–Crippen LogP) is 8.07. The first kappa shape index (κ1) is 33.0. The molecule has 0 unspecified atom stereocenters. The highest BCUT2D eigenvalue weighted by atomic mass is 79.9. The van der Waals surface area contributed by atoms with Gasteiger partial charge in [0.05, 0.1) is 32.0 Å². The highest BCUT2D eigenvalue weighted by Crippen LogP contribution is 2.30. The maximum absolute atomic E-state index is 14.1. The van der Waals surface area contributed by atoms with Crippen molar-refractivity contribution in [2.75, 3.05) is 37.6 Å². The van der Waals surface area contributed by atoms with Crippen LogP contribution in [0.2, 0.25) is 0 Å². The summed E-state index contributed by atoms with van der Waals surface area (Å²) in [5.74, 6) is -0.720. The molecule has 0 N–H and O–H groups in total. The largest absolute Gasteiger partial charge is 0.497 e. The van der Waals surface area contributed by atoms with Gasteiger partial charge in [-0.2, -0.15) is 0 Å². The Balaban J connectivity index is 1.74. The summed E-state index contributed by atoms with van der Waals surface area (Å²) in [6, 6.07) is 13.2. The highest BCUT2D eigenvalue weighted by Gasteiger charge is 2.23. The molecule has 0 saturated heterocycles. The van der Waals surface area contributed by atoms with E-state index in [1.54, 1.807) is 48.9 Å². The number of ether oxygens (including phenoxy) is 3. The first-order chi connectivity index (χ1) is 21.3. The number of alkyl halides is 1. The van der Waals surface area contributed by atoms with Crippen LogP contribution >= 0.6 is 15.9 Å². The molecule has 1 amide bonds. The number of hydrogen-bond donors (Lipinski definition) is 0. The molecule has 3 aromatic carbocycles. The summed E-state index contributed by atoms with van der Waals surface area (Å²) in [4.78, 5) is 28.7. The van der Waals surface area contributed by atoms with Crippen LogP contribution in [0.5, 0.6) is 17.2 Å². The van der Waals surface area contributed by atoms with Crippen molar-refractivity contribution in [2.45, 2.75) is 45.4 Å². The summed E-state index contributed by atoms with van der Waals surface area (Å²) in [6.45, 7) is 2.28. The number of carbonyl (C=O) groups excluding carboxylic acids is 1. The van der Waals surface area contributed by atoms with Crippen molar-refractivity contribution in [3.8, 4) is 22.9 Å². The molecule has 10 heteroatoms. The number of halogens is 3. The number of methoxy groups -OCH3 is 2. The zero-order valence-electron chi connectivity index (χ0n) is 25.2. The van der Waals surface area contributed by atoms with Crippen LogP contribution in [0.1, 0.15) is 55.8 Å². The summed E-state index contributed by atoms with van der Waals surface area (Å²) in [6.07, 6.45) is 8.16. The fourth-order valence-electron chi connectivity index (χ4n) is 5.07. The van der Waals surface area contributed by atoms with E-state index in [0.717, 1.165) is 42.8 Å². The summed E-state index contributed by atoms with van der Waals surface area (Å²) in [5.41, 5.74) is 0.403. The zero-order chi connectivity index (χ0) is 31.6. The van der Waals surface area contributed by atoms with Gasteiger partial charge in [0.2, 0.25) is 5.43 Å². The Morgan fingerprint density at radius 3 is 2.16 bits per heavy atom. The number of amides is 1. The van der Waals surface area contributed by atoms with Crippen LogP contribution in [0.4, 0.5) is 14.5 Å². The maximum atomic E-state index is 14.1. The van der Waals surface area contributed by atoms with Gasteiger partial charge in [0.15, 0.2) is 0 Å². The van der Waals surface area contributed by atoms with Gasteiger partial charge in [0.1, 0.15) is 34.4 Å². The van der Waals surface area contributed by atoms with Crippen molar-refractivity contribution in [3.05, 3.63) is 88.2 Å². The van der Waals surface area contributed by atoms with Gasteiger partial charge >= 0.3 is 0 Å². The fraction of sp³-hybridized carbons (Fsp3) is 0.353.